The van der Waals surface area contributed by atoms with Crippen molar-refractivity contribution in [3.63, 3.8) is 0 Å². The third kappa shape index (κ3) is 76.9. The molecule has 0 aliphatic heterocycles. The van der Waals surface area contributed by atoms with Crippen molar-refractivity contribution < 1.29 is 54.9 Å². The fraction of sp³-hybridized carbons (Fsp3) is 0.871. The van der Waals surface area contributed by atoms with E-state index in [0.717, 1.165) is 77.0 Å². The summed E-state index contributed by atoms with van der Waals surface area (Å²) in [5.41, 5.74) is 0. The van der Waals surface area contributed by atoms with Crippen LogP contribution in [0.4, 0.5) is 0 Å². The number of aliphatic hydroxyl groups is 3. The minimum absolute atomic E-state index is 0.333. The van der Waals surface area contributed by atoms with Gasteiger partial charge in [0.05, 0.1) is 13.2 Å². The highest BCUT2D eigenvalue weighted by Gasteiger charge is 1.96. The van der Waals surface area contributed by atoms with Gasteiger partial charge in [0.25, 0.3) is 0 Å². The van der Waals surface area contributed by atoms with Gasteiger partial charge in [-0.15, -0.1) is 0 Å². The molecule has 7 N–H and O–H groups in total. The Morgan fingerprint density at radius 1 is 0.405 bits per heavy atom. The molecule has 0 saturated carbocycles. The first-order chi connectivity index (χ1) is 19.9. The summed E-state index contributed by atoms with van der Waals surface area (Å²) in [6.45, 7) is 7.72. The van der Waals surface area contributed by atoms with Gasteiger partial charge >= 0.3 is 23.9 Å². The Bertz CT molecular complexity index is 477. The van der Waals surface area contributed by atoms with Crippen molar-refractivity contribution in [2.75, 3.05) is 13.2 Å². The van der Waals surface area contributed by atoms with Gasteiger partial charge in [0.1, 0.15) is 6.10 Å². The molecule has 0 aromatic heterocycles. The van der Waals surface area contributed by atoms with Crippen molar-refractivity contribution in [3.8, 4) is 0 Å². The Hall–Kier alpha value is -2.24. The molecule has 0 rings (SSSR count). The lowest BCUT2D eigenvalue weighted by atomic mass is 10.2. The van der Waals surface area contributed by atoms with E-state index in [1.54, 1.807) is 0 Å². The van der Waals surface area contributed by atoms with E-state index in [2.05, 4.69) is 27.7 Å². The van der Waals surface area contributed by atoms with E-state index in [0.29, 0.717) is 25.7 Å². The molecule has 0 aromatic rings. The molecule has 0 aliphatic rings. The van der Waals surface area contributed by atoms with Gasteiger partial charge in [0.15, 0.2) is 0 Å². The van der Waals surface area contributed by atoms with E-state index in [-0.39, 0.29) is 13.2 Å². The third-order valence-electron chi connectivity index (χ3n) is 5.40. The van der Waals surface area contributed by atoms with Gasteiger partial charge in [-0.05, 0) is 25.7 Å². The monoisotopic (exact) mass is 612 g/mol. The Morgan fingerprint density at radius 3 is 0.690 bits per heavy atom. The summed E-state index contributed by atoms with van der Waals surface area (Å²) in [5.74, 6) is -2.70. The molecule has 11 nitrogen and oxygen atoms in total. The molecule has 0 fully saturated rings. The molecular weight excluding hydrogens is 548 g/mol. The van der Waals surface area contributed by atoms with Gasteiger partial charge in [0.2, 0.25) is 0 Å². The standard InChI is InChI=1S/4C7H14O2.C3H8O3/c4*1-2-3-4-5-6-7(8)9;4-1-3(6)2-5/h4*2-6H2,1H3,(H,8,9);3-6H,1-2H2. The smallest absolute Gasteiger partial charge is 0.303 e. The van der Waals surface area contributed by atoms with Crippen LogP contribution in [-0.2, 0) is 19.2 Å². The van der Waals surface area contributed by atoms with Crippen LogP contribution in [0.25, 0.3) is 0 Å². The molecular formula is C31H64O11. The number of carbonyl (C=O) groups is 4. The zero-order valence-corrected chi connectivity index (χ0v) is 26.9. The first kappa shape index (κ1) is 49.4. The van der Waals surface area contributed by atoms with Crippen LogP contribution in [0.5, 0.6) is 0 Å². The van der Waals surface area contributed by atoms with Crippen LogP contribution >= 0.6 is 0 Å². The summed E-state index contributed by atoms with van der Waals surface area (Å²) in [7, 11) is 0. The quantitative estimate of drug-likeness (QED) is 0.0656. The fourth-order valence-corrected chi connectivity index (χ4v) is 2.87. The lowest BCUT2D eigenvalue weighted by Crippen LogP contribution is -2.15. The first-order valence-electron chi connectivity index (χ1n) is 15.7. The number of carboxylic acid groups (broad SMARTS) is 4. The Balaban J connectivity index is -0.000000137. The van der Waals surface area contributed by atoms with Gasteiger partial charge < -0.3 is 35.7 Å². The average molecular weight is 613 g/mol. The lowest BCUT2D eigenvalue weighted by molar-refractivity contribution is -0.138. The zero-order chi connectivity index (χ0) is 33.4. The van der Waals surface area contributed by atoms with E-state index in [1.165, 1.54) is 25.7 Å². The van der Waals surface area contributed by atoms with Crippen LogP contribution in [0.2, 0.25) is 0 Å². The Morgan fingerprint density at radius 2 is 0.595 bits per heavy atom. The van der Waals surface area contributed by atoms with E-state index in [4.69, 9.17) is 35.7 Å². The number of hydrogen-bond acceptors (Lipinski definition) is 7. The minimum atomic E-state index is -0.954. The maximum Gasteiger partial charge on any atom is 0.303 e. The van der Waals surface area contributed by atoms with Crippen LogP contribution in [-0.4, -0.2) is 78.9 Å². The van der Waals surface area contributed by atoms with Crippen LogP contribution < -0.4 is 0 Å². The molecule has 0 heterocycles. The number of aliphatic carboxylic acids is 4. The molecule has 0 unspecified atom stereocenters. The molecule has 0 spiro atoms. The summed E-state index contributed by atoms with van der Waals surface area (Å²) < 4.78 is 0. The number of aliphatic hydroxyl groups excluding tert-OH is 3. The van der Waals surface area contributed by atoms with Crippen molar-refractivity contribution in [2.24, 2.45) is 0 Å². The third-order valence-corrected chi connectivity index (χ3v) is 5.40. The second-order valence-corrected chi connectivity index (χ2v) is 9.84. The molecule has 0 amide bonds. The second-order valence-electron chi connectivity index (χ2n) is 9.84. The first-order valence-corrected chi connectivity index (χ1v) is 15.7. The predicted octanol–water partition coefficient (Wildman–Crippen LogP) is 6.50. The summed E-state index contributed by atoms with van der Waals surface area (Å²) in [6.07, 6.45) is 17.3. The fourth-order valence-electron chi connectivity index (χ4n) is 2.87. The van der Waals surface area contributed by atoms with Crippen molar-refractivity contribution in [1.82, 2.24) is 0 Å². The van der Waals surface area contributed by atoms with Gasteiger partial charge in [-0.2, -0.15) is 0 Å². The number of rotatable bonds is 22. The largest absolute Gasteiger partial charge is 0.481 e. The Kier molecular flexibility index (Phi) is 53.8. The average Bonchev–Trinajstić information content (AvgIpc) is 2.94. The SMILES string of the molecule is CCCCCCC(=O)O.CCCCCCC(=O)O.CCCCCCC(=O)O.CCCCCCC(=O)O.OCC(O)CO. The van der Waals surface area contributed by atoms with Crippen LogP contribution in [0, 0.1) is 0 Å². The molecule has 254 valence electrons. The summed E-state index contributed by atoms with van der Waals surface area (Å²) in [5, 5.41) is 56.9. The van der Waals surface area contributed by atoms with Crippen molar-refractivity contribution in [3.05, 3.63) is 0 Å². The van der Waals surface area contributed by atoms with Gasteiger partial charge in [-0.3, -0.25) is 19.2 Å². The summed E-state index contributed by atoms with van der Waals surface area (Å²) in [4.78, 5) is 39.8. The summed E-state index contributed by atoms with van der Waals surface area (Å²) >= 11 is 0. The molecule has 0 aliphatic carbocycles. The number of hydrogen-bond donors (Lipinski definition) is 7. The van der Waals surface area contributed by atoms with Crippen LogP contribution in [0.3, 0.4) is 0 Å². The topological polar surface area (TPSA) is 210 Å². The molecule has 0 aromatic carbocycles. The number of carboxylic acids is 4. The van der Waals surface area contributed by atoms with Gasteiger partial charge in [-0.25, -0.2) is 0 Å². The van der Waals surface area contributed by atoms with Crippen molar-refractivity contribution >= 4 is 23.9 Å². The molecule has 0 atom stereocenters. The van der Waals surface area contributed by atoms with E-state index < -0.39 is 30.0 Å². The molecule has 11 heteroatoms. The van der Waals surface area contributed by atoms with E-state index in [1.807, 2.05) is 0 Å². The highest BCUT2D eigenvalue weighted by Crippen LogP contribution is 2.03. The lowest BCUT2D eigenvalue weighted by Gasteiger charge is -1.96. The molecule has 42 heavy (non-hydrogen) atoms. The van der Waals surface area contributed by atoms with Gasteiger partial charge in [0, 0.05) is 25.7 Å². The van der Waals surface area contributed by atoms with Crippen LogP contribution in [0.15, 0.2) is 0 Å². The highest BCUT2D eigenvalue weighted by molar-refractivity contribution is 5.67. The van der Waals surface area contributed by atoms with Crippen molar-refractivity contribution in [1.29, 1.82) is 0 Å². The van der Waals surface area contributed by atoms with Crippen molar-refractivity contribution in [2.45, 2.75) is 162 Å². The van der Waals surface area contributed by atoms with Crippen LogP contribution in [0.1, 0.15) is 156 Å². The minimum Gasteiger partial charge on any atom is -0.481 e. The summed E-state index contributed by atoms with van der Waals surface area (Å²) in [6, 6.07) is 0. The zero-order valence-electron chi connectivity index (χ0n) is 26.9. The number of unbranched alkanes of at least 4 members (excludes halogenated alkanes) is 12. The molecule has 0 saturated heterocycles. The highest BCUT2D eigenvalue weighted by atomic mass is 16.4. The van der Waals surface area contributed by atoms with E-state index in [9.17, 15) is 19.2 Å². The molecule has 0 bridgehead atoms. The van der Waals surface area contributed by atoms with E-state index >= 15 is 0 Å². The normalized spacial score (nSPS) is 9.52. The maximum atomic E-state index is 9.96. The van der Waals surface area contributed by atoms with Gasteiger partial charge in [-0.1, -0.05) is 105 Å². The second kappa shape index (κ2) is 45.7. The maximum absolute atomic E-state index is 9.96. The Labute approximate surface area is 254 Å². The predicted molar refractivity (Wildman–Crippen MR) is 166 cm³/mol. The molecule has 0 radical (unpaired) electrons.